The van der Waals surface area contributed by atoms with Crippen molar-refractivity contribution in [1.29, 1.82) is 0 Å². The van der Waals surface area contributed by atoms with Gasteiger partial charge in [0, 0.05) is 5.88 Å². The molecule has 0 atom stereocenters. The molecule has 0 unspecified atom stereocenters. The van der Waals surface area contributed by atoms with E-state index in [1.807, 2.05) is 0 Å². The first kappa shape index (κ1) is 11.7. The highest BCUT2D eigenvalue weighted by atomic mass is 35.5. The maximum Gasteiger partial charge on any atom is 0.339 e. The first-order valence-electron chi connectivity index (χ1n) is 4.41. The summed E-state index contributed by atoms with van der Waals surface area (Å²) in [6, 6.07) is 2.75. The lowest BCUT2D eigenvalue weighted by Gasteiger charge is -2.08. The molecule has 0 amide bonds. The lowest BCUT2D eigenvalue weighted by molar-refractivity contribution is 0.0691. The van der Waals surface area contributed by atoms with Crippen LogP contribution in [0.5, 0.6) is 11.5 Å². The van der Waals surface area contributed by atoms with Crippen LogP contribution in [0.4, 0.5) is 0 Å². The number of hydrogen-bond donors (Lipinski definition) is 3. The molecule has 1 aromatic rings. The van der Waals surface area contributed by atoms with Gasteiger partial charge in [0.1, 0.15) is 5.56 Å². The number of benzene rings is 1. The molecule has 0 heterocycles. The normalized spacial score (nSPS) is 10.2. The molecule has 0 aliphatic heterocycles. The molecule has 5 heteroatoms. The summed E-state index contributed by atoms with van der Waals surface area (Å²) in [5.41, 5.74) is 0.221. The van der Waals surface area contributed by atoms with E-state index in [-0.39, 0.29) is 5.56 Å². The van der Waals surface area contributed by atoms with Gasteiger partial charge in [0.25, 0.3) is 0 Å². The van der Waals surface area contributed by atoms with Crippen molar-refractivity contribution in [3.05, 3.63) is 23.3 Å². The number of carboxylic acid groups (broad SMARTS) is 1. The van der Waals surface area contributed by atoms with E-state index in [1.54, 1.807) is 0 Å². The third-order valence-corrected chi connectivity index (χ3v) is 2.30. The molecule has 1 aromatic carbocycles. The molecule has 0 saturated heterocycles. The van der Waals surface area contributed by atoms with Gasteiger partial charge in [0.05, 0.1) is 0 Å². The van der Waals surface area contributed by atoms with Crippen LogP contribution in [-0.2, 0) is 6.42 Å². The molecule has 0 radical (unpaired) electrons. The van der Waals surface area contributed by atoms with Crippen LogP contribution < -0.4 is 0 Å². The molecule has 0 bridgehead atoms. The summed E-state index contributed by atoms with van der Waals surface area (Å²) in [4.78, 5) is 10.9. The van der Waals surface area contributed by atoms with E-state index in [0.717, 1.165) is 0 Å². The molecule has 0 spiro atoms. The quantitative estimate of drug-likeness (QED) is 0.546. The van der Waals surface area contributed by atoms with E-state index < -0.39 is 17.5 Å². The largest absolute Gasteiger partial charge is 0.504 e. The fourth-order valence-electron chi connectivity index (χ4n) is 1.33. The number of carbonyl (C=O) groups is 1. The SMILES string of the molecule is O=C(O)c1c(CCCCl)ccc(O)c1O. The molecule has 0 fully saturated rings. The van der Waals surface area contributed by atoms with Crippen LogP contribution in [0.25, 0.3) is 0 Å². The summed E-state index contributed by atoms with van der Waals surface area (Å²) in [7, 11) is 0. The number of aromatic carboxylic acids is 1. The van der Waals surface area contributed by atoms with Gasteiger partial charge in [-0.25, -0.2) is 4.79 Å². The van der Waals surface area contributed by atoms with Crippen LogP contribution in [-0.4, -0.2) is 27.2 Å². The predicted octanol–water partition coefficient (Wildman–Crippen LogP) is 1.97. The standard InChI is InChI=1S/C10H11ClO4/c11-5-1-2-6-3-4-7(12)9(13)8(6)10(14)15/h3-4,12-13H,1-2,5H2,(H,14,15). The molecular weight excluding hydrogens is 220 g/mol. The van der Waals surface area contributed by atoms with E-state index in [0.29, 0.717) is 24.3 Å². The highest BCUT2D eigenvalue weighted by Crippen LogP contribution is 2.31. The van der Waals surface area contributed by atoms with E-state index in [4.69, 9.17) is 21.8 Å². The van der Waals surface area contributed by atoms with Gasteiger partial charge in [-0.3, -0.25) is 0 Å². The van der Waals surface area contributed by atoms with Gasteiger partial charge in [-0.05, 0) is 24.5 Å². The Balaban J connectivity index is 3.15. The Labute approximate surface area is 91.7 Å². The van der Waals surface area contributed by atoms with E-state index in [1.165, 1.54) is 12.1 Å². The summed E-state index contributed by atoms with van der Waals surface area (Å²) in [5.74, 6) is -1.86. The van der Waals surface area contributed by atoms with Crippen molar-refractivity contribution >= 4 is 17.6 Å². The van der Waals surface area contributed by atoms with Gasteiger partial charge in [-0.1, -0.05) is 6.07 Å². The lowest BCUT2D eigenvalue weighted by Crippen LogP contribution is -2.03. The number of rotatable bonds is 4. The third kappa shape index (κ3) is 2.53. The molecule has 0 aliphatic carbocycles. The van der Waals surface area contributed by atoms with Crippen LogP contribution in [0.2, 0.25) is 0 Å². The summed E-state index contributed by atoms with van der Waals surface area (Å²) in [6.07, 6.45) is 1.07. The monoisotopic (exact) mass is 230 g/mol. The number of carboxylic acids is 1. The predicted molar refractivity (Wildman–Crippen MR) is 55.8 cm³/mol. The first-order valence-corrected chi connectivity index (χ1v) is 4.94. The van der Waals surface area contributed by atoms with Crippen LogP contribution in [0.1, 0.15) is 22.3 Å². The summed E-state index contributed by atoms with van der Waals surface area (Å²) < 4.78 is 0. The average Bonchev–Trinajstić information content (AvgIpc) is 2.19. The number of aromatic hydroxyl groups is 2. The number of phenolic OH excluding ortho intramolecular Hbond substituents is 1. The van der Waals surface area contributed by atoms with Gasteiger partial charge in [-0.2, -0.15) is 0 Å². The van der Waals surface area contributed by atoms with Crippen LogP contribution >= 0.6 is 11.6 Å². The van der Waals surface area contributed by atoms with E-state index in [2.05, 4.69) is 0 Å². The zero-order chi connectivity index (χ0) is 11.4. The second-order valence-corrected chi connectivity index (χ2v) is 3.44. The van der Waals surface area contributed by atoms with Crippen molar-refractivity contribution in [2.75, 3.05) is 5.88 Å². The van der Waals surface area contributed by atoms with Crippen molar-refractivity contribution in [2.24, 2.45) is 0 Å². The fraction of sp³-hybridized carbons (Fsp3) is 0.300. The molecule has 0 saturated carbocycles. The number of hydrogen-bond acceptors (Lipinski definition) is 3. The lowest BCUT2D eigenvalue weighted by atomic mass is 10.0. The Kier molecular flexibility index (Phi) is 3.80. The molecule has 0 aromatic heterocycles. The molecule has 1 rings (SSSR count). The molecule has 15 heavy (non-hydrogen) atoms. The zero-order valence-corrected chi connectivity index (χ0v) is 8.66. The van der Waals surface area contributed by atoms with Crippen LogP contribution in [0.15, 0.2) is 12.1 Å². The Hall–Kier alpha value is -1.42. The van der Waals surface area contributed by atoms with Gasteiger partial charge < -0.3 is 15.3 Å². The second kappa shape index (κ2) is 4.89. The third-order valence-electron chi connectivity index (χ3n) is 2.04. The Morgan fingerprint density at radius 1 is 1.33 bits per heavy atom. The van der Waals surface area contributed by atoms with Crippen molar-refractivity contribution in [1.82, 2.24) is 0 Å². The number of halogens is 1. The highest BCUT2D eigenvalue weighted by Gasteiger charge is 2.17. The highest BCUT2D eigenvalue weighted by molar-refractivity contribution is 6.17. The van der Waals surface area contributed by atoms with Crippen molar-refractivity contribution in [3.8, 4) is 11.5 Å². The smallest absolute Gasteiger partial charge is 0.339 e. The Morgan fingerprint density at radius 3 is 2.53 bits per heavy atom. The van der Waals surface area contributed by atoms with Gasteiger partial charge in [0.2, 0.25) is 0 Å². The summed E-state index contributed by atoms with van der Waals surface area (Å²) >= 11 is 5.50. The van der Waals surface area contributed by atoms with Crippen LogP contribution in [0, 0.1) is 0 Å². The van der Waals surface area contributed by atoms with Gasteiger partial charge in [0.15, 0.2) is 11.5 Å². The first-order chi connectivity index (χ1) is 7.07. The fourth-order valence-corrected chi connectivity index (χ4v) is 1.46. The summed E-state index contributed by atoms with van der Waals surface area (Å²) in [5, 5.41) is 27.4. The maximum atomic E-state index is 10.9. The van der Waals surface area contributed by atoms with Gasteiger partial charge >= 0.3 is 5.97 Å². The van der Waals surface area contributed by atoms with Crippen LogP contribution in [0.3, 0.4) is 0 Å². The van der Waals surface area contributed by atoms with Crippen molar-refractivity contribution < 1.29 is 20.1 Å². The van der Waals surface area contributed by atoms with Gasteiger partial charge in [-0.15, -0.1) is 11.6 Å². The Bertz CT molecular complexity index is 376. The van der Waals surface area contributed by atoms with Crippen molar-refractivity contribution in [2.45, 2.75) is 12.8 Å². The molecule has 4 nitrogen and oxygen atoms in total. The molecule has 0 aliphatic rings. The topological polar surface area (TPSA) is 77.8 Å². The van der Waals surface area contributed by atoms with E-state index >= 15 is 0 Å². The molecule has 3 N–H and O–H groups in total. The number of phenols is 2. The molecular formula is C10H11ClO4. The van der Waals surface area contributed by atoms with Crippen molar-refractivity contribution in [3.63, 3.8) is 0 Å². The average molecular weight is 231 g/mol. The maximum absolute atomic E-state index is 10.9. The minimum atomic E-state index is -1.26. The Morgan fingerprint density at radius 2 is 2.00 bits per heavy atom. The summed E-state index contributed by atoms with van der Waals surface area (Å²) in [6.45, 7) is 0. The zero-order valence-electron chi connectivity index (χ0n) is 7.90. The number of aryl methyl sites for hydroxylation is 1. The minimum absolute atomic E-state index is 0.250. The number of alkyl halides is 1. The molecule has 82 valence electrons. The second-order valence-electron chi connectivity index (χ2n) is 3.07. The minimum Gasteiger partial charge on any atom is -0.504 e. The van der Waals surface area contributed by atoms with E-state index in [9.17, 15) is 9.90 Å².